The van der Waals surface area contributed by atoms with Crippen molar-refractivity contribution in [2.24, 2.45) is 0 Å². The molecule has 0 fully saturated rings. The average Bonchev–Trinajstić information content (AvgIpc) is 2.90. The van der Waals surface area contributed by atoms with Gasteiger partial charge in [0.2, 0.25) is 0 Å². The number of halogens is 1. The number of aliphatic hydroxyl groups is 1. The molecule has 1 aromatic carbocycles. The van der Waals surface area contributed by atoms with Gasteiger partial charge < -0.3 is 10.4 Å². The maximum atomic E-state index is 12.8. The second-order valence-electron chi connectivity index (χ2n) is 4.34. The topological polar surface area (TPSA) is 62.2 Å². The monoisotopic (exact) mass is 280 g/mol. The molecule has 2 N–H and O–H groups in total. The van der Waals surface area contributed by atoms with Gasteiger partial charge in [-0.2, -0.15) is 0 Å². The Morgan fingerprint density at radius 3 is 2.74 bits per heavy atom. The predicted octanol–water partition coefficient (Wildman–Crippen LogP) is 1.92. The number of carbonyl (C=O) groups excluding carboxylic acids is 1. The molecule has 0 saturated heterocycles. The average molecular weight is 280 g/mol. The molecule has 2 rings (SSSR count). The van der Waals surface area contributed by atoms with Crippen LogP contribution in [0.2, 0.25) is 0 Å². The van der Waals surface area contributed by atoms with E-state index in [1.165, 1.54) is 35.6 Å². The fourth-order valence-corrected chi connectivity index (χ4v) is 2.11. The Labute approximate surface area is 113 Å². The van der Waals surface area contributed by atoms with Crippen LogP contribution in [-0.2, 0) is 5.60 Å². The number of amides is 1. The number of rotatable bonds is 4. The largest absolute Gasteiger partial charge is 0.384 e. The summed E-state index contributed by atoms with van der Waals surface area (Å²) in [5, 5.41) is 14.5. The second kappa shape index (κ2) is 5.46. The van der Waals surface area contributed by atoms with Gasteiger partial charge in [-0.3, -0.25) is 4.79 Å². The van der Waals surface area contributed by atoms with Crippen molar-refractivity contribution < 1.29 is 14.3 Å². The standard InChI is InChI=1S/C13H13FN2O2S/c1-13(18,9-2-4-10(14)5-3-9)7-15-12(17)11-6-19-8-16-11/h2-6,8,18H,7H2,1H3,(H,15,17). The van der Waals surface area contributed by atoms with Crippen LogP contribution in [0.4, 0.5) is 4.39 Å². The third-order valence-electron chi connectivity index (χ3n) is 2.72. The van der Waals surface area contributed by atoms with Gasteiger partial charge in [-0.05, 0) is 24.6 Å². The lowest BCUT2D eigenvalue weighted by Crippen LogP contribution is -2.38. The van der Waals surface area contributed by atoms with Crippen LogP contribution in [0.5, 0.6) is 0 Å². The summed E-state index contributed by atoms with van der Waals surface area (Å²) < 4.78 is 12.8. The van der Waals surface area contributed by atoms with Gasteiger partial charge in [-0.15, -0.1) is 11.3 Å². The molecule has 0 aliphatic rings. The van der Waals surface area contributed by atoms with Gasteiger partial charge in [0, 0.05) is 5.38 Å². The van der Waals surface area contributed by atoms with E-state index in [4.69, 9.17) is 0 Å². The molecule has 6 heteroatoms. The molecule has 0 spiro atoms. The lowest BCUT2D eigenvalue weighted by atomic mass is 9.96. The smallest absolute Gasteiger partial charge is 0.270 e. The highest BCUT2D eigenvalue weighted by Crippen LogP contribution is 2.20. The number of hydrogen-bond acceptors (Lipinski definition) is 4. The molecule has 2 aromatic rings. The Kier molecular flexibility index (Phi) is 3.92. The highest BCUT2D eigenvalue weighted by atomic mass is 32.1. The van der Waals surface area contributed by atoms with Crippen LogP contribution in [-0.4, -0.2) is 22.5 Å². The number of nitrogens with zero attached hydrogens (tertiary/aromatic N) is 1. The van der Waals surface area contributed by atoms with Gasteiger partial charge in [0.25, 0.3) is 5.91 Å². The van der Waals surface area contributed by atoms with Crippen molar-refractivity contribution >= 4 is 17.2 Å². The number of benzene rings is 1. The van der Waals surface area contributed by atoms with Crippen molar-refractivity contribution in [2.75, 3.05) is 6.54 Å². The Morgan fingerprint density at radius 2 is 2.16 bits per heavy atom. The maximum absolute atomic E-state index is 12.8. The molecule has 1 aromatic heterocycles. The van der Waals surface area contributed by atoms with Crippen molar-refractivity contribution in [3.63, 3.8) is 0 Å². The van der Waals surface area contributed by atoms with Crippen LogP contribution in [0.25, 0.3) is 0 Å². The number of thiazole rings is 1. The van der Waals surface area contributed by atoms with Crippen LogP contribution in [0.3, 0.4) is 0 Å². The second-order valence-corrected chi connectivity index (χ2v) is 5.06. The summed E-state index contributed by atoms with van der Waals surface area (Å²) in [6, 6.07) is 5.52. The lowest BCUT2D eigenvalue weighted by Gasteiger charge is -2.24. The van der Waals surface area contributed by atoms with Gasteiger partial charge in [-0.1, -0.05) is 12.1 Å². The molecule has 0 bridgehead atoms. The summed E-state index contributed by atoms with van der Waals surface area (Å²) in [5.41, 5.74) is 1.15. The van der Waals surface area contributed by atoms with Crippen molar-refractivity contribution in [2.45, 2.75) is 12.5 Å². The number of nitrogens with one attached hydrogen (secondary N) is 1. The van der Waals surface area contributed by atoms with Crippen molar-refractivity contribution in [1.82, 2.24) is 10.3 Å². The Balaban J connectivity index is 2.01. The van der Waals surface area contributed by atoms with E-state index < -0.39 is 5.60 Å². The Morgan fingerprint density at radius 1 is 1.47 bits per heavy atom. The van der Waals surface area contributed by atoms with E-state index in [0.29, 0.717) is 11.3 Å². The maximum Gasteiger partial charge on any atom is 0.270 e. The molecular formula is C13H13FN2O2S. The highest BCUT2D eigenvalue weighted by Gasteiger charge is 2.24. The van der Waals surface area contributed by atoms with Crippen molar-refractivity contribution in [3.8, 4) is 0 Å². The molecule has 19 heavy (non-hydrogen) atoms. The summed E-state index contributed by atoms with van der Waals surface area (Å²) >= 11 is 1.32. The molecule has 1 heterocycles. The van der Waals surface area contributed by atoms with Gasteiger partial charge in [0.05, 0.1) is 12.1 Å². The minimum atomic E-state index is -1.26. The third-order valence-corrected chi connectivity index (χ3v) is 3.31. The van der Waals surface area contributed by atoms with Gasteiger partial charge in [0.1, 0.15) is 17.1 Å². The molecular weight excluding hydrogens is 267 g/mol. The molecule has 0 saturated carbocycles. The summed E-state index contributed by atoms with van der Waals surface area (Å²) in [7, 11) is 0. The number of carbonyl (C=O) groups is 1. The zero-order valence-electron chi connectivity index (χ0n) is 10.3. The van der Waals surface area contributed by atoms with Crippen molar-refractivity contribution in [1.29, 1.82) is 0 Å². The summed E-state index contributed by atoms with van der Waals surface area (Å²) in [4.78, 5) is 15.6. The minimum absolute atomic E-state index is 0.0228. The van der Waals surface area contributed by atoms with Crippen LogP contribution in [0, 0.1) is 5.82 Å². The SMILES string of the molecule is CC(O)(CNC(=O)c1cscn1)c1ccc(F)cc1. The van der Waals surface area contributed by atoms with Crippen LogP contribution >= 0.6 is 11.3 Å². The van der Waals surface area contributed by atoms with E-state index in [0.717, 1.165) is 0 Å². The van der Waals surface area contributed by atoms with E-state index in [1.54, 1.807) is 17.8 Å². The van der Waals surface area contributed by atoms with Crippen LogP contribution < -0.4 is 5.32 Å². The highest BCUT2D eigenvalue weighted by molar-refractivity contribution is 7.07. The first kappa shape index (κ1) is 13.6. The molecule has 0 aliphatic heterocycles. The summed E-state index contributed by atoms with van der Waals surface area (Å²) in [6.07, 6.45) is 0. The van der Waals surface area contributed by atoms with Gasteiger partial charge in [-0.25, -0.2) is 9.37 Å². The van der Waals surface area contributed by atoms with Crippen LogP contribution in [0.1, 0.15) is 23.0 Å². The van der Waals surface area contributed by atoms with E-state index in [-0.39, 0.29) is 18.3 Å². The summed E-state index contributed by atoms with van der Waals surface area (Å²) in [5.74, 6) is -0.713. The van der Waals surface area contributed by atoms with E-state index in [9.17, 15) is 14.3 Å². The minimum Gasteiger partial charge on any atom is -0.384 e. The lowest BCUT2D eigenvalue weighted by molar-refractivity contribution is 0.0524. The normalized spacial score (nSPS) is 13.8. The predicted molar refractivity (Wildman–Crippen MR) is 70.4 cm³/mol. The zero-order valence-corrected chi connectivity index (χ0v) is 11.1. The van der Waals surface area contributed by atoms with E-state index >= 15 is 0 Å². The number of aromatic nitrogens is 1. The number of hydrogen-bond donors (Lipinski definition) is 2. The first-order chi connectivity index (χ1) is 8.99. The molecule has 0 radical (unpaired) electrons. The molecule has 1 amide bonds. The molecule has 1 unspecified atom stereocenters. The summed E-state index contributed by atoms with van der Waals surface area (Å²) in [6.45, 7) is 1.58. The quantitative estimate of drug-likeness (QED) is 0.899. The van der Waals surface area contributed by atoms with E-state index in [1.807, 2.05) is 0 Å². The van der Waals surface area contributed by atoms with Crippen LogP contribution in [0.15, 0.2) is 35.2 Å². The Bertz CT molecular complexity index is 553. The fraction of sp³-hybridized carbons (Fsp3) is 0.231. The van der Waals surface area contributed by atoms with Gasteiger partial charge >= 0.3 is 0 Å². The van der Waals surface area contributed by atoms with Gasteiger partial charge in [0.15, 0.2) is 0 Å². The van der Waals surface area contributed by atoms with Crippen molar-refractivity contribution in [3.05, 3.63) is 52.2 Å². The van der Waals surface area contributed by atoms with E-state index in [2.05, 4.69) is 10.3 Å². The zero-order chi connectivity index (χ0) is 13.9. The Hall–Kier alpha value is -1.79. The first-order valence-electron chi connectivity index (χ1n) is 5.64. The molecule has 4 nitrogen and oxygen atoms in total. The first-order valence-corrected chi connectivity index (χ1v) is 6.58. The molecule has 1 atom stereocenters. The molecule has 100 valence electrons. The third kappa shape index (κ3) is 3.36. The molecule has 0 aliphatic carbocycles. The fourth-order valence-electron chi connectivity index (χ4n) is 1.58.